The van der Waals surface area contributed by atoms with Crippen molar-refractivity contribution in [2.24, 2.45) is 0 Å². The van der Waals surface area contributed by atoms with Gasteiger partial charge in [0.15, 0.2) is 0 Å². The van der Waals surface area contributed by atoms with Crippen molar-refractivity contribution in [3.05, 3.63) is 60.9 Å². The topological polar surface area (TPSA) is 41.6 Å². The van der Waals surface area contributed by atoms with E-state index in [0.29, 0.717) is 0 Å². The molecule has 2 aromatic carbocycles. The summed E-state index contributed by atoms with van der Waals surface area (Å²) in [4.78, 5) is 12.3. The first-order chi connectivity index (χ1) is 9.40. The van der Waals surface area contributed by atoms with E-state index in [9.17, 15) is 0 Å². The molecule has 4 rings (SSSR count). The predicted octanol–water partition coefficient (Wildman–Crippen LogP) is 3.78. The highest BCUT2D eigenvalue weighted by Gasteiger charge is 2.03. The lowest BCUT2D eigenvalue weighted by Crippen LogP contribution is -1.88. The van der Waals surface area contributed by atoms with Crippen molar-refractivity contribution in [3.8, 4) is 11.3 Å². The Morgan fingerprint density at radius 2 is 1.79 bits per heavy atom. The van der Waals surface area contributed by atoms with Crippen LogP contribution < -0.4 is 0 Å². The smallest absolute Gasteiger partial charge is 0.0894 e. The van der Waals surface area contributed by atoms with Gasteiger partial charge in [0.05, 0.1) is 22.9 Å². The largest absolute Gasteiger partial charge is 0.361 e. The van der Waals surface area contributed by atoms with E-state index in [-0.39, 0.29) is 0 Å². The summed E-state index contributed by atoms with van der Waals surface area (Å²) in [5, 5.41) is 1.19. The molecule has 2 heterocycles. The lowest BCUT2D eigenvalue weighted by Gasteiger charge is -2.03. The monoisotopic (exact) mass is 245 g/mol. The summed E-state index contributed by atoms with van der Waals surface area (Å²) >= 11 is 0. The van der Waals surface area contributed by atoms with Crippen LogP contribution in [0.5, 0.6) is 0 Å². The van der Waals surface area contributed by atoms with E-state index < -0.39 is 0 Å². The standard InChI is InChI=1S/C16H11N3/c1-2-4-15-14(3-1)18-10-16(19-15)11-5-6-13-12(9-11)7-8-17-13/h1-10,17H. The molecule has 1 N–H and O–H groups in total. The summed E-state index contributed by atoms with van der Waals surface area (Å²) < 4.78 is 0. The van der Waals surface area contributed by atoms with Gasteiger partial charge in [-0.2, -0.15) is 0 Å². The summed E-state index contributed by atoms with van der Waals surface area (Å²) in [6.45, 7) is 0. The van der Waals surface area contributed by atoms with Gasteiger partial charge >= 0.3 is 0 Å². The van der Waals surface area contributed by atoms with Crippen molar-refractivity contribution in [1.82, 2.24) is 15.0 Å². The molecule has 0 amide bonds. The fourth-order valence-corrected chi connectivity index (χ4v) is 2.31. The number of hydrogen-bond acceptors (Lipinski definition) is 2. The number of hydrogen-bond donors (Lipinski definition) is 1. The van der Waals surface area contributed by atoms with Crippen molar-refractivity contribution in [2.75, 3.05) is 0 Å². The minimum Gasteiger partial charge on any atom is -0.361 e. The molecule has 0 bridgehead atoms. The summed E-state index contributed by atoms with van der Waals surface area (Å²) in [5.41, 5.74) is 4.98. The maximum atomic E-state index is 4.66. The van der Waals surface area contributed by atoms with Crippen LogP contribution in [-0.4, -0.2) is 15.0 Å². The zero-order valence-electron chi connectivity index (χ0n) is 10.2. The third-order valence-corrected chi connectivity index (χ3v) is 3.30. The molecule has 0 spiro atoms. The molecule has 0 saturated heterocycles. The minimum absolute atomic E-state index is 0.904. The van der Waals surface area contributed by atoms with E-state index in [0.717, 1.165) is 27.8 Å². The highest BCUT2D eigenvalue weighted by atomic mass is 14.8. The Morgan fingerprint density at radius 3 is 2.74 bits per heavy atom. The third-order valence-electron chi connectivity index (χ3n) is 3.30. The predicted molar refractivity (Wildman–Crippen MR) is 76.8 cm³/mol. The Bertz CT molecular complexity index is 877. The minimum atomic E-state index is 0.904. The molecule has 19 heavy (non-hydrogen) atoms. The Balaban J connectivity index is 1.92. The van der Waals surface area contributed by atoms with Gasteiger partial charge in [-0.15, -0.1) is 0 Å². The van der Waals surface area contributed by atoms with Gasteiger partial charge in [-0.25, -0.2) is 4.98 Å². The molecule has 0 aliphatic carbocycles. The van der Waals surface area contributed by atoms with Gasteiger partial charge in [-0.3, -0.25) is 4.98 Å². The fraction of sp³-hybridized carbons (Fsp3) is 0. The van der Waals surface area contributed by atoms with Crippen molar-refractivity contribution >= 4 is 21.9 Å². The highest BCUT2D eigenvalue weighted by Crippen LogP contribution is 2.23. The lowest BCUT2D eigenvalue weighted by atomic mass is 10.1. The molecular formula is C16H11N3. The molecule has 0 fully saturated rings. The summed E-state index contributed by atoms with van der Waals surface area (Å²) in [6.07, 6.45) is 3.77. The molecule has 2 aromatic heterocycles. The summed E-state index contributed by atoms with van der Waals surface area (Å²) in [7, 11) is 0. The average Bonchev–Trinajstić information content (AvgIpc) is 2.94. The van der Waals surface area contributed by atoms with Gasteiger partial charge in [0.2, 0.25) is 0 Å². The molecule has 0 radical (unpaired) electrons. The van der Waals surface area contributed by atoms with Crippen LogP contribution in [0.4, 0.5) is 0 Å². The SMILES string of the molecule is c1ccc2nc(-c3ccc4[nH]ccc4c3)cnc2c1. The van der Waals surface area contributed by atoms with Gasteiger partial charge in [0, 0.05) is 22.7 Å². The van der Waals surface area contributed by atoms with Gasteiger partial charge in [-0.05, 0) is 30.3 Å². The van der Waals surface area contributed by atoms with Crippen LogP contribution in [-0.2, 0) is 0 Å². The van der Waals surface area contributed by atoms with E-state index in [2.05, 4.69) is 39.2 Å². The zero-order valence-corrected chi connectivity index (χ0v) is 10.2. The maximum Gasteiger partial charge on any atom is 0.0894 e. The van der Waals surface area contributed by atoms with Crippen LogP contribution in [0.1, 0.15) is 0 Å². The zero-order chi connectivity index (χ0) is 12.7. The van der Waals surface area contributed by atoms with E-state index in [4.69, 9.17) is 0 Å². The van der Waals surface area contributed by atoms with Crippen molar-refractivity contribution in [2.45, 2.75) is 0 Å². The van der Waals surface area contributed by atoms with Crippen LogP contribution in [0.25, 0.3) is 33.2 Å². The molecule has 0 aliphatic heterocycles. The van der Waals surface area contributed by atoms with Crippen molar-refractivity contribution < 1.29 is 0 Å². The van der Waals surface area contributed by atoms with Crippen LogP contribution in [0.2, 0.25) is 0 Å². The molecule has 0 unspecified atom stereocenters. The lowest BCUT2D eigenvalue weighted by molar-refractivity contribution is 1.29. The highest BCUT2D eigenvalue weighted by molar-refractivity contribution is 5.85. The normalized spacial score (nSPS) is 11.2. The first-order valence-electron chi connectivity index (χ1n) is 6.19. The summed E-state index contributed by atoms with van der Waals surface area (Å²) in [6, 6.07) is 16.2. The summed E-state index contributed by atoms with van der Waals surface area (Å²) in [5.74, 6) is 0. The fourth-order valence-electron chi connectivity index (χ4n) is 2.31. The average molecular weight is 245 g/mol. The molecule has 3 nitrogen and oxygen atoms in total. The molecule has 4 aromatic rings. The molecule has 0 saturated carbocycles. The quantitative estimate of drug-likeness (QED) is 0.554. The number of fused-ring (bicyclic) bond motifs is 2. The van der Waals surface area contributed by atoms with Crippen LogP contribution in [0.15, 0.2) is 60.9 Å². The first-order valence-corrected chi connectivity index (χ1v) is 6.19. The Hall–Kier alpha value is -2.68. The van der Waals surface area contributed by atoms with Gasteiger partial charge in [0.1, 0.15) is 0 Å². The third kappa shape index (κ3) is 1.67. The van der Waals surface area contributed by atoms with Crippen LogP contribution in [0.3, 0.4) is 0 Å². The number of benzene rings is 2. The number of H-pyrrole nitrogens is 1. The molecule has 0 atom stereocenters. The number of aromatic nitrogens is 3. The van der Waals surface area contributed by atoms with Crippen LogP contribution >= 0.6 is 0 Å². The Labute approximate surface area is 110 Å². The van der Waals surface area contributed by atoms with Crippen LogP contribution in [0, 0.1) is 0 Å². The van der Waals surface area contributed by atoms with E-state index >= 15 is 0 Å². The van der Waals surface area contributed by atoms with E-state index in [1.54, 1.807) is 0 Å². The molecule has 90 valence electrons. The Morgan fingerprint density at radius 1 is 0.895 bits per heavy atom. The first kappa shape index (κ1) is 10.3. The number of aromatic amines is 1. The second-order valence-electron chi connectivity index (χ2n) is 4.52. The second-order valence-corrected chi connectivity index (χ2v) is 4.52. The number of nitrogens with zero attached hydrogens (tertiary/aromatic N) is 2. The number of para-hydroxylation sites is 2. The Kier molecular flexibility index (Phi) is 2.12. The van der Waals surface area contributed by atoms with E-state index in [1.807, 2.05) is 36.7 Å². The van der Waals surface area contributed by atoms with E-state index in [1.165, 1.54) is 5.39 Å². The molecular weight excluding hydrogens is 234 g/mol. The van der Waals surface area contributed by atoms with Gasteiger partial charge in [0.25, 0.3) is 0 Å². The second kappa shape index (κ2) is 3.92. The molecule has 0 aliphatic rings. The van der Waals surface area contributed by atoms with Crippen molar-refractivity contribution in [3.63, 3.8) is 0 Å². The maximum absolute atomic E-state index is 4.66. The van der Waals surface area contributed by atoms with Gasteiger partial charge < -0.3 is 4.98 Å². The van der Waals surface area contributed by atoms with Gasteiger partial charge in [-0.1, -0.05) is 18.2 Å². The number of rotatable bonds is 1. The van der Waals surface area contributed by atoms with Crippen molar-refractivity contribution in [1.29, 1.82) is 0 Å². The molecule has 3 heteroatoms. The number of nitrogens with one attached hydrogen (secondary N) is 1.